The topological polar surface area (TPSA) is 80.4 Å². The first kappa shape index (κ1) is 13.4. The van der Waals surface area contributed by atoms with Crippen LogP contribution in [0, 0.1) is 10.1 Å². The van der Waals surface area contributed by atoms with Gasteiger partial charge in [-0.2, -0.15) is 0 Å². The van der Waals surface area contributed by atoms with Gasteiger partial charge >= 0.3 is 35.5 Å². The summed E-state index contributed by atoms with van der Waals surface area (Å²) in [6, 6.07) is 3.20. The molecule has 0 aliphatic rings. The Balaban J connectivity index is 0. The molecule has 0 saturated heterocycles. The van der Waals surface area contributed by atoms with Crippen LogP contribution in [0.15, 0.2) is 18.2 Å². The van der Waals surface area contributed by atoms with Crippen LogP contribution in [0.3, 0.4) is 0 Å². The normalized spacial score (nSPS) is 8.93. The van der Waals surface area contributed by atoms with Crippen molar-refractivity contribution < 1.29 is 45.8 Å². The summed E-state index contributed by atoms with van der Waals surface area (Å²) < 4.78 is 0. The quantitative estimate of drug-likeness (QED) is 0.400. The number of carbonyl (C=O) groups is 1. The molecule has 0 aromatic heterocycles. The minimum atomic E-state index is -1.21. The fourth-order valence-electron chi connectivity index (χ4n) is 0.791. The van der Waals surface area contributed by atoms with E-state index in [-0.39, 0.29) is 47.3 Å². The Morgan fingerprint density at radius 1 is 1.57 bits per heavy atom. The second kappa shape index (κ2) is 5.31. The molecule has 0 amide bonds. The summed E-state index contributed by atoms with van der Waals surface area (Å²) in [6.07, 6.45) is 0. The summed E-state index contributed by atoms with van der Waals surface area (Å²) in [4.78, 5) is 20.0. The first-order valence-corrected chi connectivity index (χ1v) is 3.57. The van der Waals surface area contributed by atoms with Crippen LogP contribution < -0.4 is 29.6 Å². The van der Waals surface area contributed by atoms with Gasteiger partial charge in [0.05, 0.1) is 15.5 Å². The van der Waals surface area contributed by atoms with E-state index in [1.165, 1.54) is 0 Å². The number of nitro benzene ring substituents is 1. The predicted molar refractivity (Wildman–Crippen MR) is 46.2 cm³/mol. The van der Waals surface area contributed by atoms with Gasteiger partial charge in [0.15, 0.2) is 0 Å². The van der Waals surface area contributed by atoms with Gasteiger partial charge < -0.3 is 6.53 Å². The van der Waals surface area contributed by atoms with Crippen LogP contribution in [0.2, 0.25) is 5.02 Å². The molecule has 5 nitrogen and oxygen atoms in total. The third-order valence-corrected chi connectivity index (χ3v) is 1.71. The van der Waals surface area contributed by atoms with Gasteiger partial charge in [-0.15, -0.1) is 0 Å². The number of carboxylic acid groups (broad SMARTS) is 1. The molecule has 0 heterocycles. The number of rotatable bonds is 2. The second-order valence-electron chi connectivity index (χ2n) is 2.23. The first-order chi connectivity index (χ1) is 6.02. The maximum atomic E-state index is 10.4. The van der Waals surface area contributed by atoms with Crippen LogP contribution in [-0.4, -0.2) is 16.0 Å². The minimum Gasteiger partial charge on any atom is -1.00 e. The van der Waals surface area contributed by atoms with Gasteiger partial charge in [-0.1, -0.05) is 11.6 Å². The minimum absolute atomic E-state index is 0. The van der Waals surface area contributed by atoms with Crippen LogP contribution in [0.5, 0.6) is 0 Å². The number of benzene rings is 1. The van der Waals surface area contributed by atoms with Crippen LogP contribution in [0.1, 0.15) is 11.8 Å². The van der Waals surface area contributed by atoms with Crippen LogP contribution in [-0.2, 0) is 0 Å². The summed E-state index contributed by atoms with van der Waals surface area (Å²) in [5, 5.41) is 18.6. The SMILES string of the molecule is O=C(O)c1ccc([N+](=O)[O-])cc1Cl.[H-].[Na+]. The van der Waals surface area contributed by atoms with Crippen molar-refractivity contribution in [3.05, 3.63) is 38.9 Å². The van der Waals surface area contributed by atoms with Crippen molar-refractivity contribution >= 4 is 23.3 Å². The van der Waals surface area contributed by atoms with Crippen molar-refractivity contribution in [1.29, 1.82) is 0 Å². The number of hydrogen-bond donors (Lipinski definition) is 1. The van der Waals surface area contributed by atoms with E-state index in [4.69, 9.17) is 16.7 Å². The zero-order valence-corrected chi connectivity index (χ0v) is 9.99. The molecule has 0 aliphatic heterocycles. The Hall–Kier alpha value is -0.620. The summed E-state index contributed by atoms with van der Waals surface area (Å²) in [7, 11) is 0. The number of carboxylic acids is 1. The zero-order chi connectivity index (χ0) is 10.0. The van der Waals surface area contributed by atoms with E-state index in [0.29, 0.717) is 0 Å². The van der Waals surface area contributed by atoms with E-state index in [2.05, 4.69) is 0 Å². The van der Waals surface area contributed by atoms with Gasteiger partial charge in [0.25, 0.3) is 5.69 Å². The van der Waals surface area contributed by atoms with Crippen molar-refractivity contribution in [2.75, 3.05) is 0 Å². The Kier molecular flexibility index (Phi) is 5.07. The van der Waals surface area contributed by atoms with Gasteiger partial charge in [-0.25, -0.2) is 4.79 Å². The zero-order valence-electron chi connectivity index (χ0n) is 8.23. The summed E-state index contributed by atoms with van der Waals surface area (Å²) in [6.45, 7) is 0. The smallest absolute Gasteiger partial charge is 1.00 e. The fourth-order valence-corrected chi connectivity index (χ4v) is 1.05. The number of hydrogen-bond acceptors (Lipinski definition) is 3. The van der Waals surface area contributed by atoms with Crippen molar-refractivity contribution in [1.82, 2.24) is 0 Å². The van der Waals surface area contributed by atoms with Crippen LogP contribution in [0.25, 0.3) is 0 Å². The molecule has 0 atom stereocenters. The van der Waals surface area contributed by atoms with Crippen LogP contribution >= 0.6 is 11.6 Å². The molecule has 0 unspecified atom stereocenters. The predicted octanol–water partition coefficient (Wildman–Crippen LogP) is -0.937. The van der Waals surface area contributed by atoms with E-state index in [0.717, 1.165) is 18.2 Å². The van der Waals surface area contributed by atoms with Crippen molar-refractivity contribution in [2.45, 2.75) is 0 Å². The van der Waals surface area contributed by atoms with Crippen molar-refractivity contribution in [2.24, 2.45) is 0 Å². The third-order valence-electron chi connectivity index (χ3n) is 1.39. The summed E-state index contributed by atoms with van der Waals surface area (Å²) in [5.41, 5.74) is -0.373. The average Bonchev–Trinajstić information content (AvgIpc) is 2.03. The fraction of sp³-hybridized carbons (Fsp3) is 0. The van der Waals surface area contributed by atoms with E-state index < -0.39 is 10.9 Å². The number of halogens is 1. The molecule has 1 N–H and O–H groups in total. The summed E-state index contributed by atoms with van der Waals surface area (Å²) in [5.74, 6) is -1.21. The molecule has 70 valence electrons. The standard InChI is InChI=1S/C7H4ClNO4.Na.H/c8-6-3-4(9(12)13)1-2-5(6)7(10)11;;/h1-3H,(H,10,11);;/q;+1;-1. The molecule has 1 aromatic rings. The summed E-state index contributed by atoms with van der Waals surface area (Å²) >= 11 is 5.48. The molecule has 0 fully saturated rings. The number of aromatic carboxylic acids is 1. The van der Waals surface area contributed by atoms with E-state index >= 15 is 0 Å². The molecule has 1 aromatic carbocycles. The van der Waals surface area contributed by atoms with E-state index in [1.807, 2.05) is 0 Å². The number of nitrogens with zero attached hydrogens (tertiary/aromatic N) is 1. The molecular formula is C7H5ClNNaO4. The monoisotopic (exact) mass is 225 g/mol. The Bertz CT molecular complexity index is 387. The molecule has 0 aliphatic carbocycles. The maximum Gasteiger partial charge on any atom is 1.00 e. The molecule has 0 radical (unpaired) electrons. The largest absolute Gasteiger partial charge is 1.00 e. The van der Waals surface area contributed by atoms with E-state index in [9.17, 15) is 14.9 Å². The molecule has 7 heteroatoms. The second-order valence-corrected chi connectivity index (χ2v) is 2.63. The van der Waals surface area contributed by atoms with Gasteiger partial charge in [0, 0.05) is 12.1 Å². The van der Waals surface area contributed by atoms with Gasteiger partial charge in [-0.05, 0) is 6.07 Å². The molecule has 0 spiro atoms. The average molecular weight is 226 g/mol. The molecule has 0 bridgehead atoms. The van der Waals surface area contributed by atoms with E-state index in [1.54, 1.807) is 0 Å². The molecule has 14 heavy (non-hydrogen) atoms. The molecule has 0 saturated carbocycles. The number of nitro groups is 1. The van der Waals surface area contributed by atoms with Gasteiger partial charge in [0.2, 0.25) is 0 Å². The molecular weight excluding hydrogens is 221 g/mol. The Morgan fingerprint density at radius 2 is 2.14 bits per heavy atom. The van der Waals surface area contributed by atoms with Crippen molar-refractivity contribution in [3.8, 4) is 0 Å². The molecule has 1 rings (SSSR count). The first-order valence-electron chi connectivity index (χ1n) is 3.19. The Labute approximate surface area is 108 Å². The third kappa shape index (κ3) is 2.95. The Morgan fingerprint density at radius 3 is 2.50 bits per heavy atom. The maximum absolute atomic E-state index is 10.4. The van der Waals surface area contributed by atoms with Crippen LogP contribution in [0.4, 0.5) is 5.69 Å². The number of non-ortho nitro benzene ring substituents is 1. The van der Waals surface area contributed by atoms with Gasteiger partial charge in [-0.3, -0.25) is 10.1 Å². The van der Waals surface area contributed by atoms with Crippen molar-refractivity contribution in [3.63, 3.8) is 0 Å². The van der Waals surface area contributed by atoms with Gasteiger partial charge in [0.1, 0.15) is 0 Å².